The van der Waals surface area contributed by atoms with E-state index in [4.69, 9.17) is 9.15 Å². The van der Waals surface area contributed by atoms with Crippen LogP contribution >= 0.6 is 11.3 Å². The van der Waals surface area contributed by atoms with Gasteiger partial charge in [-0.3, -0.25) is 9.36 Å². The third-order valence-electron chi connectivity index (χ3n) is 4.65. The van der Waals surface area contributed by atoms with Crippen LogP contribution in [0.2, 0.25) is 0 Å². The van der Waals surface area contributed by atoms with Crippen molar-refractivity contribution in [1.82, 2.24) is 4.57 Å². The van der Waals surface area contributed by atoms with E-state index < -0.39 is 12.0 Å². The summed E-state index contributed by atoms with van der Waals surface area (Å²) in [5.41, 5.74) is 1.64. The number of esters is 1. The van der Waals surface area contributed by atoms with Crippen LogP contribution in [0.5, 0.6) is 0 Å². The van der Waals surface area contributed by atoms with Gasteiger partial charge in [-0.1, -0.05) is 53.8 Å². The topological polar surface area (TPSA) is 73.8 Å². The van der Waals surface area contributed by atoms with Crippen molar-refractivity contribution in [2.24, 2.45) is 4.99 Å². The highest BCUT2D eigenvalue weighted by Gasteiger charge is 2.30. The van der Waals surface area contributed by atoms with Crippen LogP contribution in [0.15, 0.2) is 80.3 Å². The summed E-state index contributed by atoms with van der Waals surface area (Å²) in [5, 5.41) is 0. The molecule has 7 heteroatoms. The summed E-state index contributed by atoms with van der Waals surface area (Å²) >= 11 is 1.26. The number of fused-ring (bicyclic) bond motifs is 1. The Morgan fingerprint density at radius 1 is 1.27 bits per heavy atom. The molecular formula is C23H20N2O4S. The van der Waals surface area contributed by atoms with Crippen molar-refractivity contribution >= 4 is 29.5 Å². The number of rotatable bonds is 5. The van der Waals surface area contributed by atoms with Crippen molar-refractivity contribution in [2.75, 3.05) is 6.61 Å². The summed E-state index contributed by atoms with van der Waals surface area (Å²) in [6, 6.07) is 12.6. The van der Waals surface area contributed by atoms with Crippen molar-refractivity contribution in [3.05, 3.63) is 97.1 Å². The van der Waals surface area contributed by atoms with Crippen LogP contribution < -0.4 is 14.9 Å². The third-order valence-corrected chi connectivity index (χ3v) is 5.63. The van der Waals surface area contributed by atoms with Gasteiger partial charge in [-0.25, -0.2) is 9.79 Å². The van der Waals surface area contributed by atoms with Crippen molar-refractivity contribution in [3.63, 3.8) is 0 Å². The zero-order chi connectivity index (χ0) is 21.1. The fourth-order valence-corrected chi connectivity index (χ4v) is 4.32. The molecule has 0 radical (unpaired) electrons. The van der Waals surface area contributed by atoms with Gasteiger partial charge in [0, 0.05) is 6.08 Å². The molecule has 0 spiro atoms. The lowest BCUT2D eigenvalue weighted by molar-refractivity contribution is -0.139. The van der Waals surface area contributed by atoms with Crippen molar-refractivity contribution < 1.29 is 13.9 Å². The Kier molecular flexibility index (Phi) is 5.63. The number of thiazole rings is 1. The van der Waals surface area contributed by atoms with Gasteiger partial charge in [0.05, 0.1) is 34.7 Å². The van der Waals surface area contributed by atoms with Gasteiger partial charge >= 0.3 is 5.97 Å². The molecule has 3 aromatic rings. The van der Waals surface area contributed by atoms with Gasteiger partial charge in [0.1, 0.15) is 5.76 Å². The van der Waals surface area contributed by atoms with E-state index in [1.807, 2.05) is 42.5 Å². The van der Waals surface area contributed by atoms with E-state index in [0.29, 0.717) is 26.4 Å². The zero-order valence-electron chi connectivity index (χ0n) is 16.6. The number of aromatic nitrogens is 1. The summed E-state index contributed by atoms with van der Waals surface area (Å²) in [7, 11) is 0. The van der Waals surface area contributed by atoms with Crippen LogP contribution in [-0.2, 0) is 9.53 Å². The molecule has 3 heterocycles. The normalized spacial score (nSPS) is 16.6. The molecule has 4 rings (SSSR count). The van der Waals surface area contributed by atoms with E-state index in [9.17, 15) is 9.59 Å². The Morgan fingerprint density at radius 2 is 2.07 bits per heavy atom. The lowest BCUT2D eigenvalue weighted by Crippen LogP contribution is -2.38. The molecule has 1 atom stereocenters. The maximum Gasteiger partial charge on any atom is 0.338 e. The van der Waals surface area contributed by atoms with Gasteiger partial charge in [0.2, 0.25) is 0 Å². The smallest absolute Gasteiger partial charge is 0.338 e. The largest absolute Gasteiger partial charge is 0.465 e. The van der Waals surface area contributed by atoms with E-state index in [1.165, 1.54) is 15.9 Å². The minimum atomic E-state index is -0.612. The SMILES string of the molecule is CCOC(=O)C1=C(C)N=c2sc(=Cc3ccco3)c(=O)n2[C@H]1/C=C\c1ccccc1. The fraction of sp³-hybridized carbons (Fsp3) is 0.174. The summed E-state index contributed by atoms with van der Waals surface area (Å²) in [6.45, 7) is 3.76. The number of hydrogen-bond acceptors (Lipinski definition) is 6. The first-order valence-electron chi connectivity index (χ1n) is 9.55. The highest BCUT2D eigenvalue weighted by atomic mass is 32.1. The molecule has 0 saturated heterocycles. The zero-order valence-corrected chi connectivity index (χ0v) is 17.4. The number of carbonyl (C=O) groups excluding carboxylic acids is 1. The number of benzene rings is 1. The fourth-order valence-electron chi connectivity index (χ4n) is 3.29. The number of nitrogens with zero attached hydrogens (tertiary/aromatic N) is 2. The average molecular weight is 420 g/mol. The lowest BCUT2D eigenvalue weighted by atomic mass is 10.0. The Labute approximate surface area is 176 Å². The first-order chi connectivity index (χ1) is 14.6. The Bertz CT molecular complexity index is 1300. The summed E-state index contributed by atoms with van der Waals surface area (Å²) < 4.78 is 12.6. The second-order valence-electron chi connectivity index (χ2n) is 6.63. The van der Waals surface area contributed by atoms with Crippen LogP contribution in [0.4, 0.5) is 0 Å². The molecule has 0 amide bonds. The van der Waals surface area contributed by atoms with E-state index in [-0.39, 0.29) is 12.2 Å². The predicted molar refractivity (Wildman–Crippen MR) is 115 cm³/mol. The molecule has 152 valence electrons. The van der Waals surface area contributed by atoms with E-state index >= 15 is 0 Å². The summed E-state index contributed by atoms with van der Waals surface area (Å²) in [6.07, 6.45) is 6.98. The number of carbonyl (C=O) groups is 1. The van der Waals surface area contributed by atoms with Crippen LogP contribution in [-0.4, -0.2) is 17.1 Å². The first-order valence-corrected chi connectivity index (χ1v) is 10.4. The molecule has 0 N–H and O–H groups in total. The van der Waals surface area contributed by atoms with E-state index in [2.05, 4.69) is 4.99 Å². The molecule has 1 aliphatic heterocycles. The average Bonchev–Trinajstić information content (AvgIpc) is 3.35. The summed E-state index contributed by atoms with van der Waals surface area (Å²) in [4.78, 5) is 31.0. The third kappa shape index (κ3) is 3.84. The molecule has 0 bridgehead atoms. The van der Waals surface area contributed by atoms with Gasteiger partial charge in [-0.15, -0.1) is 0 Å². The Balaban J connectivity index is 1.88. The number of hydrogen-bond donors (Lipinski definition) is 0. The van der Waals surface area contributed by atoms with Gasteiger partial charge in [0.15, 0.2) is 4.80 Å². The van der Waals surface area contributed by atoms with E-state index in [0.717, 1.165) is 5.56 Å². The standard InChI is InChI=1S/C23H20N2O4S/c1-3-28-22(27)20-15(2)24-23-25(18(20)12-11-16-8-5-4-6-9-16)21(26)19(30-23)14-17-10-7-13-29-17/h4-14,18H,3H2,1-2H3/b12-11-,19-14?/t18-/m0/s1. The number of furan rings is 1. The van der Waals surface area contributed by atoms with Crippen molar-refractivity contribution in [3.8, 4) is 0 Å². The molecular weight excluding hydrogens is 400 g/mol. The Morgan fingerprint density at radius 3 is 2.77 bits per heavy atom. The number of allylic oxidation sites excluding steroid dienone is 2. The maximum atomic E-state index is 13.2. The van der Waals surface area contributed by atoms with Crippen molar-refractivity contribution in [1.29, 1.82) is 0 Å². The quantitative estimate of drug-likeness (QED) is 0.595. The molecule has 1 aliphatic rings. The Hall–Kier alpha value is -3.45. The highest BCUT2D eigenvalue weighted by Crippen LogP contribution is 2.26. The molecule has 0 aliphatic carbocycles. The van der Waals surface area contributed by atoms with Gasteiger partial charge in [-0.05, 0) is 31.5 Å². The van der Waals surface area contributed by atoms with E-state index in [1.54, 1.807) is 38.3 Å². The summed E-state index contributed by atoms with van der Waals surface area (Å²) in [5.74, 6) is 0.111. The second-order valence-corrected chi connectivity index (χ2v) is 7.64. The van der Waals surface area contributed by atoms with Gasteiger partial charge in [-0.2, -0.15) is 0 Å². The van der Waals surface area contributed by atoms with Gasteiger partial charge < -0.3 is 9.15 Å². The predicted octanol–water partition coefficient (Wildman–Crippen LogP) is 3.06. The minimum Gasteiger partial charge on any atom is -0.465 e. The molecule has 0 fully saturated rings. The lowest BCUT2D eigenvalue weighted by Gasteiger charge is -2.21. The first kappa shape index (κ1) is 19.8. The minimum absolute atomic E-state index is 0.229. The second kappa shape index (κ2) is 8.51. The van der Waals surface area contributed by atoms with Crippen molar-refractivity contribution in [2.45, 2.75) is 19.9 Å². The monoisotopic (exact) mass is 420 g/mol. The molecule has 1 aromatic carbocycles. The molecule has 6 nitrogen and oxygen atoms in total. The molecule has 30 heavy (non-hydrogen) atoms. The molecule has 0 unspecified atom stereocenters. The highest BCUT2D eigenvalue weighted by molar-refractivity contribution is 7.07. The number of ether oxygens (including phenoxy) is 1. The van der Waals surface area contributed by atoms with Crippen LogP contribution in [0.1, 0.15) is 31.2 Å². The van der Waals surface area contributed by atoms with Gasteiger partial charge in [0.25, 0.3) is 5.56 Å². The van der Waals surface area contributed by atoms with Crippen LogP contribution in [0, 0.1) is 0 Å². The molecule has 0 saturated carbocycles. The maximum absolute atomic E-state index is 13.2. The van der Waals surface area contributed by atoms with Crippen LogP contribution in [0.3, 0.4) is 0 Å². The molecule has 2 aromatic heterocycles. The van der Waals surface area contributed by atoms with Crippen LogP contribution in [0.25, 0.3) is 12.2 Å².